The Hall–Kier alpha value is -0.613. The van der Waals surface area contributed by atoms with Gasteiger partial charge >= 0.3 is 0 Å². The highest BCUT2D eigenvalue weighted by Crippen LogP contribution is 2.02. The molecule has 4 heteroatoms. The maximum absolute atomic E-state index is 10.9. The zero-order valence-corrected chi connectivity index (χ0v) is 9.14. The van der Waals surface area contributed by atoms with E-state index in [9.17, 15) is 8.42 Å². The first-order chi connectivity index (χ1) is 5.08. The standard InChI is InChI=1S/C7H10O2SSi/c8-10(9,11)6-7-4-2-1-3-5-7/h1-5H,6H2,11H3. The van der Waals surface area contributed by atoms with Crippen molar-refractivity contribution in [2.75, 3.05) is 0 Å². The zero-order chi connectivity index (χ0) is 8.32. The molecule has 0 spiro atoms. The molecule has 0 saturated carbocycles. The van der Waals surface area contributed by atoms with Crippen molar-refractivity contribution in [2.45, 2.75) is 5.75 Å². The van der Waals surface area contributed by atoms with Crippen LogP contribution in [0, 0.1) is 0 Å². The molecule has 0 unspecified atom stereocenters. The van der Waals surface area contributed by atoms with Crippen molar-refractivity contribution in [1.29, 1.82) is 0 Å². The predicted molar refractivity (Wildman–Crippen MR) is 49.0 cm³/mol. The first kappa shape index (κ1) is 8.48. The smallest absolute Gasteiger partial charge is 0.149 e. The van der Waals surface area contributed by atoms with Gasteiger partial charge in [-0.15, -0.1) is 0 Å². The maximum Gasteiger partial charge on any atom is 0.149 e. The molecule has 0 fully saturated rings. The lowest BCUT2D eigenvalue weighted by atomic mass is 10.2. The number of hydrogen-bond donors (Lipinski definition) is 0. The van der Waals surface area contributed by atoms with Crippen LogP contribution in [-0.4, -0.2) is 17.8 Å². The van der Waals surface area contributed by atoms with Gasteiger partial charge in [0.2, 0.25) is 0 Å². The van der Waals surface area contributed by atoms with Gasteiger partial charge in [-0.05, 0) is 5.56 Å². The maximum atomic E-state index is 10.9. The molecule has 0 bridgehead atoms. The predicted octanol–water partition coefficient (Wildman–Crippen LogP) is -0.118. The highest BCUT2D eigenvalue weighted by atomic mass is 32.4. The Morgan fingerprint density at radius 2 is 1.73 bits per heavy atom. The third kappa shape index (κ3) is 3.34. The van der Waals surface area contributed by atoms with Crippen LogP contribution in [0.4, 0.5) is 0 Å². The molecule has 1 aromatic rings. The molecular formula is C7H10O2SSi. The number of hydrogen-bond acceptors (Lipinski definition) is 2. The van der Waals surface area contributed by atoms with Crippen LogP contribution in [0.3, 0.4) is 0 Å². The third-order valence-electron chi connectivity index (χ3n) is 1.27. The van der Waals surface area contributed by atoms with Gasteiger partial charge in [-0.2, -0.15) is 0 Å². The van der Waals surface area contributed by atoms with Gasteiger partial charge in [0.1, 0.15) is 18.7 Å². The van der Waals surface area contributed by atoms with E-state index < -0.39 is 9.29 Å². The molecule has 60 valence electrons. The fourth-order valence-corrected chi connectivity index (χ4v) is 2.67. The molecule has 0 N–H and O–H groups in total. The van der Waals surface area contributed by atoms with E-state index in [2.05, 4.69) is 0 Å². The van der Waals surface area contributed by atoms with Crippen molar-refractivity contribution in [3.63, 3.8) is 0 Å². The fraction of sp³-hybridized carbons (Fsp3) is 0.143. The Balaban J connectivity index is 2.82. The molecule has 1 rings (SSSR count). The van der Waals surface area contributed by atoms with E-state index in [1.165, 1.54) is 0 Å². The summed E-state index contributed by atoms with van der Waals surface area (Å²) in [4.78, 5) is 0. The Labute approximate surface area is 69.2 Å². The minimum Gasteiger partial charge on any atom is -0.237 e. The Morgan fingerprint density at radius 1 is 1.18 bits per heavy atom. The lowest BCUT2D eigenvalue weighted by molar-refractivity contribution is 0.609. The van der Waals surface area contributed by atoms with Crippen LogP contribution in [0.5, 0.6) is 0 Å². The van der Waals surface area contributed by atoms with E-state index in [-0.39, 0.29) is 15.1 Å². The second-order valence-electron chi connectivity index (χ2n) is 2.56. The molecule has 0 atom stereocenters. The van der Waals surface area contributed by atoms with Crippen molar-refractivity contribution in [2.24, 2.45) is 0 Å². The van der Waals surface area contributed by atoms with Crippen molar-refractivity contribution in [3.8, 4) is 0 Å². The first-order valence-electron chi connectivity index (χ1n) is 3.29. The van der Waals surface area contributed by atoms with E-state index in [4.69, 9.17) is 0 Å². The molecule has 0 aromatic heterocycles. The second-order valence-corrected chi connectivity index (χ2v) is 8.43. The molecule has 0 aliphatic carbocycles. The van der Waals surface area contributed by atoms with Crippen LogP contribution in [0.25, 0.3) is 0 Å². The van der Waals surface area contributed by atoms with Crippen molar-refractivity contribution in [1.82, 2.24) is 0 Å². The summed E-state index contributed by atoms with van der Waals surface area (Å²) in [5, 5.41) is 0. The molecular weight excluding hydrogens is 176 g/mol. The molecule has 1 aromatic carbocycles. The lowest BCUT2D eigenvalue weighted by Gasteiger charge is -1.96. The molecule has 0 amide bonds. The summed E-state index contributed by atoms with van der Waals surface area (Å²) in [6.07, 6.45) is 0. The van der Waals surface area contributed by atoms with E-state index in [0.717, 1.165) is 5.56 Å². The Bertz CT molecular complexity index is 318. The summed E-state index contributed by atoms with van der Waals surface area (Å²) < 4.78 is 21.7. The van der Waals surface area contributed by atoms with Gasteiger partial charge in [-0.25, -0.2) is 8.42 Å². The first-order valence-corrected chi connectivity index (χ1v) is 7.80. The van der Waals surface area contributed by atoms with E-state index >= 15 is 0 Å². The number of rotatable bonds is 2. The van der Waals surface area contributed by atoms with E-state index in [1.807, 2.05) is 30.3 Å². The summed E-state index contributed by atoms with van der Waals surface area (Å²) in [6.45, 7) is 0. The monoisotopic (exact) mass is 186 g/mol. The summed E-state index contributed by atoms with van der Waals surface area (Å²) in [7, 11) is -2.50. The lowest BCUT2D eigenvalue weighted by Crippen LogP contribution is -2.01. The Morgan fingerprint density at radius 3 is 2.18 bits per heavy atom. The Kier molecular flexibility index (Phi) is 2.46. The highest BCUT2D eigenvalue weighted by molar-refractivity contribution is 8.11. The van der Waals surface area contributed by atoms with Crippen LogP contribution in [-0.2, 0) is 15.0 Å². The van der Waals surface area contributed by atoms with Gasteiger partial charge in [0, 0.05) is 0 Å². The molecule has 0 aliphatic heterocycles. The van der Waals surface area contributed by atoms with Gasteiger partial charge in [-0.3, -0.25) is 0 Å². The third-order valence-corrected chi connectivity index (χ3v) is 3.00. The van der Waals surface area contributed by atoms with Gasteiger partial charge in [-0.1, -0.05) is 30.3 Å². The van der Waals surface area contributed by atoms with Gasteiger partial charge in [0.25, 0.3) is 0 Å². The van der Waals surface area contributed by atoms with E-state index in [0.29, 0.717) is 0 Å². The van der Waals surface area contributed by atoms with Crippen LogP contribution < -0.4 is 0 Å². The normalized spacial score (nSPS) is 11.6. The van der Waals surface area contributed by atoms with Crippen LogP contribution >= 0.6 is 0 Å². The summed E-state index contributed by atoms with van der Waals surface area (Å²) in [5.74, 6) is 0.195. The zero-order valence-electron chi connectivity index (χ0n) is 6.32. The molecule has 0 aliphatic rings. The van der Waals surface area contributed by atoms with Crippen molar-refractivity contribution < 1.29 is 8.42 Å². The summed E-state index contributed by atoms with van der Waals surface area (Å²) in [6, 6.07) is 9.23. The quantitative estimate of drug-likeness (QED) is 0.604. The second kappa shape index (κ2) is 3.19. The van der Waals surface area contributed by atoms with Crippen LogP contribution in [0.15, 0.2) is 30.3 Å². The largest absolute Gasteiger partial charge is 0.237 e. The van der Waals surface area contributed by atoms with Crippen molar-refractivity contribution in [3.05, 3.63) is 35.9 Å². The molecule has 0 heterocycles. The van der Waals surface area contributed by atoms with Gasteiger partial charge < -0.3 is 0 Å². The fourth-order valence-electron chi connectivity index (χ4n) is 0.877. The minimum absolute atomic E-state index is 0.195. The minimum atomic E-state index is -2.74. The SMILES string of the molecule is O=S(=O)([SiH3])Cc1ccccc1. The molecule has 2 nitrogen and oxygen atoms in total. The molecule has 0 radical (unpaired) electrons. The topological polar surface area (TPSA) is 34.1 Å². The van der Waals surface area contributed by atoms with E-state index in [1.54, 1.807) is 0 Å². The van der Waals surface area contributed by atoms with Gasteiger partial charge in [0.05, 0.1) is 5.75 Å². The highest BCUT2D eigenvalue weighted by Gasteiger charge is 2.01. The summed E-state index contributed by atoms with van der Waals surface area (Å²) in [5.41, 5.74) is 0.877. The van der Waals surface area contributed by atoms with Crippen LogP contribution in [0.1, 0.15) is 5.56 Å². The molecule has 0 saturated heterocycles. The summed E-state index contributed by atoms with van der Waals surface area (Å²) >= 11 is 0. The average molecular weight is 186 g/mol. The number of benzene rings is 1. The molecule has 11 heavy (non-hydrogen) atoms. The van der Waals surface area contributed by atoms with Crippen molar-refractivity contribution >= 4 is 18.7 Å². The van der Waals surface area contributed by atoms with Crippen LogP contribution in [0.2, 0.25) is 0 Å². The van der Waals surface area contributed by atoms with Gasteiger partial charge in [0.15, 0.2) is 0 Å². The average Bonchev–Trinajstić information content (AvgIpc) is 1.85.